The Morgan fingerprint density at radius 2 is 0.964 bits per heavy atom. The molecule has 0 bridgehead atoms. The molecule has 11 rings (SSSR count). The molecule has 0 fully saturated rings. The summed E-state index contributed by atoms with van der Waals surface area (Å²) in [5, 5.41) is 7.52. The number of fused-ring (bicyclic) bond motifs is 7. The Balaban J connectivity index is 1.06. The highest BCUT2D eigenvalue weighted by Gasteiger charge is 2.40. The van der Waals surface area contributed by atoms with Crippen LogP contribution in [0.2, 0.25) is 0 Å². The van der Waals surface area contributed by atoms with Gasteiger partial charge in [0.2, 0.25) is 0 Å². The van der Waals surface area contributed by atoms with Gasteiger partial charge in [-0.05, 0) is 96.4 Å². The van der Waals surface area contributed by atoms with E-state index in [1.54, 1.807) is 0 Å². The number of hydrogen-bond acceptors (Lipinski definition) is 2. The molecule has 9 aromatic carbocycles. The van der Waals surface area contributed by atoms with Crippen LogP contribution in [0, 0.1) is 0 Å². The third kappa shape index (κ3) is 5.03. The summed E-state index contributed by atoms with van der Waals surface area (Å²) in [6, 6.07) is 72.3. The van der Waals surface area contributed by atoms with Gasteiger partial charge < -0.3 is 0 Å². The van der Waals surface area contributed by atoms with Gasteiger partial charge in [0.1, 0.15) is 0 Å². The van der Waals surface area contributed by atoms with Crippen molar-refractivity contribution in [2.45, 2.75) is 12.3 Å². The summed E-state index contributed by atoms with van der Waals surface area (Å²) in [5.74, 6) is 0.705. The van der Waals surface area contributed by atoms with Crippen LogP contribution in [0.4, 0.5) is 0 Å². The second kappa shape index (κ2) is 12.7. The molecule has 1 unspecified atom stereocenters. The molecule has 0 aliphatic heterocycles. The summed E-state index contributed by atoms with van der Waals surface area (Å²) >= 11 is 0. The van der Waals surface area contributed by atoms with Crippen LogP contribution in [-0.4, -0.2) is 9.97 Å². The average molecular weight is 713 g/mol. The van der Waals surface area contributed by atoms with Gasteiger partial charge in [-0.25, -0.2) is 9.97 Å². The van der Waals surface area contributed by atoms with E-state index in [2.05, 4.69) is 201 Å². The van der Waals surface area contributed by atoms with Gasteiger partial charge in [0.15, 0.2) is 5.82 Å². The molecule has 2 nitrogen and oxygen atoms in total. The summed E-state index contributed by atoms with van der Waals surface area (Å²) in [7, 11) is 0. The van der Waals surface area contributed by atoms with E-state index in [-0.39, 0.29) is 5.41 Å². The fourth-order valence-corrected chi connectivity index (χ4v) is 9.14. The number of rotatable bonds is 5. The van der Waals surface area contributed by atoms with Crippen molar-refractivity contribution in [1.82, 2.24) is 9.97 Å². The molecule has 0 spiro atoms. The normalized spacial score (nSPS) is 14.6. The van der Waals surface area contributed by atoms with Crippen LogP contribution in [0.15, 0.2) is 200 Å². The van der Waals surface area contributed by atoms with Crippen LogP contribution >= 0.6 is 0 Å². The van der Waals surface area contributed by atoms with Gasteiger partial charge in [-0.1, -0.05) is 182 Å². The molecule has 2 heteroatoms. The first-order chi connectivity index (χ1) is 27.6. The molecule has 0 N–H and O–H groups in total. The molecule has 0 radical (unpaired) electrons. The number of nitrogens with zero attached hydrogens (tertiary/aromatic N) is 2. The lowest BCUT2D eigenvalue weighted by Crippen LogP contribution is -2.22. The topological polar surface area (TPSA) is 25.8 Å². The minimum Gasteiger partial charge on any atom is -0.228 e. The molecule has 56 heavy (non-hydrogen) atoms. The van der Waals surface area contributed by atoms with Crippen LogP contribution in [-0.2, 0) is 5.41 Å². The highest BCUT2D eigenvalue weighted by molar-refractivity contribution is 6.20. The number of aromatic nitrogens is 2. The zero-order valence-corrected chi connectivity index (χ0v) is 30.9. The highest BCUT2D eigenvalue weighted by atomic mass is 14.9. The van der Waals surface area contributed by atoms with Crippen molar-refractivity contribution in [3.05, 3.63) is 217 Å². The van der Waals surface area contributed by atoms with Crippen molar-refractivity contribution in [1.29, 1.82) is 0 Å². The average Bonchev–Trinajstić information content (AvgIpc) is 3.54. The summed E-state index contributed by atoms with van der Waals surface area (Å²) < 4.78 is 0. The van der Waals surface area contributed by atoms with E-state index in [0.717, 1.165) is 28.1 Å². The summed E-state index contributed by atoms with van der Waals surface area (Å²) in [4.78, 5) is 10.5. The van der Waals surface area contributed by atoms with Crippen molar-refractivity contribution in [3.8, 4) is 56.2 Å². The third-order valence-corrected chi connectivity index (χ3v) is 12.0. The van der Waals surface area contributed by atoms with E-state index in [9.17, 15) is 0 Å². The predicted molar refractivity (Wildman–Crippen MR) is 234 cm³/mol. The maximum absolute atomic E-state index is 5.30. The van der Waals surface area contributed by atoms with E-state index in [4.69, 9.17) is 9.97 Å². The first kappa shape index (κ1) is 32.3. The van der Waals surface area contributed by atoms with E-state index in [1.807, 2.05) is 6.07 Å². The monoisotopic (exact) mass is 712 g/mol. The van der Waals surface area contributed by atoms with E-state index >= 15 is 0 Å². The van der Waals surface area contributed by atoms with Crippen LogP contribution in [0.1, 0.15) is 23.6 Å². The second-order valence-corrected chi connectivity index (χ2v) is 15.1. The smallest absolute Gasteiger partial charge is 0.160 e. The molecule has 10 aromatic rings. The summed E-state index contributed by atoms with van der Waals surface area (Å²) in [6.07, 6.45) is 0. The van der Waals surface area contributed by atoms with Crippen molar-refractivity contribution < 1.29 is 0 Å². The molecule has 1 atom stereocenters. The van der Waals surface area contributed by atoms with Crippen molar-refractivity contribution in [3.63, 3.8) is 0 Å². The lowest BCUT2D eigenvalue weighted by atomic mass is 9.74. The van der Waals surface area contributed by atoms with Crippen LogP contribution in [0.25, 0.3) is 88.5 Å². The minimum absolute atomic E-state index is 0.248. The lowest BCUT2D eigenvalue weighted by Gasteiger charge is -2.28. The number of hydrogen-bond donors (Lipinski definition) is 0. The first-order valence-electron chi connectivity index (χ1n) is 19.3. The standard InChI is InChI=1S/C54H36N2/c1-54(41-18-6-3-7-19-41)48-23-13-12-22-44(48)47-33-40(29-31-49(47)54)51-34-50(36-15-4-2-5-16-36)55-53(56-51)38-26-24-37(25-27-38)52-43-21-11-9-17-39(43)32-46-42-20-10-8-14-35(42)28-30-45(46)52/h2-34H,1H3. The maximum atomic E-state index is 5.30. The third-order valence-electron chi connectivity index (χ3n) is 12.0. The van der Waals surface area contributed by atoms with Crippen molar-refractivity contribution in [2.24, 2.45) is 0 Å². The Labute approximate surface area is 326 Å². The van der Waals surface area contributed by atoms with Crippen LogP contribution in [0.5, 0.6) is 0 Å². The molecule has 0 saturated carbocycles. The van der Waals surface area contributed by atoms with Gasteiger partial charge in [-0.2, -0.15) is 0 Å². The minimum atomic E-state index is -0.248. The van der Waals surface area contributed by atoms with Gasteiger partial charge >= 0.3 is 0 Å². The van der Waals surface area contributed by atoms with Crippen LogP contribution < -0.4 is 0 Å². The number of benzene rings is 9. The zero-order valence-electron chi connectivity index (χ0n) is 30.9. The molecule has 1 aliphatic rings. The molecule has 1 aromatic heterocycles. The summed E-state index contributed by atoms with van der Waals surface area (Å²) in [6.45, 7) is 2.36. The molecule has 0 amide bonds. The quantitative estimate of drug-likeness (QED) is 0.131. The van der Waals surface area contributed by atoms with Gasteiger partial charge in [0.05, 0.1) is 11.4 Å². The Bertz CT molecular complexity index is 3130. The van der Waals surface area contributed by atoms with Gasteiger partial charge in [-0.3, -0.25) is 0 Å². The maximum Gasteiger partial charge on any atom is 0.160 e. The molecule has 262 valence electrons. The summed E-state index contributed by atoms with van der Waals surface area (Å²) in [5.41, 5.74) is 13.6. The molecule has 1 heterocycles. The van der Waals surface area contributed by atoms with Crippen molar-refractivity contribution >= 4 is 32.3 Å². The predicted octanol–water partition coefficient (Wildman–Crippen LogP) is 13.9. The second-order valence-electron chi connectivity index (χ2n) is 15.1. The lowest BCUT2D eigenvalue weighted by molar-refractivity contribution is 0.714. The largest absolute Gasteiger partial charge is 0.228 e. The van der Waals surface area contributed by atoms with E-state index in [1.165, 1.54) is 71.3 Å². The SMILES string of the molecule is CC1(c2ccccc2)c2ccccc2-c2cc(-c3cc(-c4ccccc4)nc(-c4ccc(-c5c6ccccc6cc6c5ccc5ccccc56)cc4)n3)ccc21. The van der Waals surface area contributed by atoms with Crippen molar-refractivity contribution in [2.75, 3.05) is 0 Å². The zero-order chi connectivity index (χ0) is 37.2. The van der Waals surface area contributed by atoms with Gasteiger partial charge in [0.25, 0.3) is 0 Å². The Hall–Kier alpha value is -7.16. The fraction of sp³-hybridized carbons (Fsp3) is 0.0370. The highest BCUT2D eigenvalue weighted by Crippen LogP contribution is 2.53. The van der Waals surface area contributed by atoms with E-state index < -0.39 is 0 Å². The van der Waals surface area contributed by atoms with E-state index in [0.29, 0.717) is 5.82 Å². The molecule has 0 saturated heterocycles. The molecular weight excluding hydrogens is 677 g/mol. The molecule has 1 aliphatic carbocycles. The van der Waals surface area contributed by atoms with Crippen LogP contribution in [0.3, 0.4) is 0 Å². The fourth-order valence-electron chi connectivity index (χ4n) is 9.14. The Morgan fingerprint density at radius 3 is 1.77 bits per heavy atom. The van der Waals surface area contributed by atoms with Gasteiger partial charge in [0, 0.05) is 22.1 Å². The van der Waals surface area contributed by atoms with Gasteiger partial charge in [-0.15, -0.1) is 0 Å². The Kier molecular flexibility index (Phi) is 7.33. The molecular formula is C54H36N2. The Morgan fingerprint density at radius 1 is 0.357 bits per heavy atom. The first-order valence-corrected chi connectivity index (χ1v) is 19.3.